The molecule has 1 saturated carbocycles. The molecule has 12 heteroatoms. The summed E-state index contributed by atoms with van der Waals surface area (Å²) in [5.74, 6) is 1.21. The van der Waals surface area contributed by atoms with Gasteiger partial charge in [-0.3, -0.25) is 14.9 Å². The van der Waals surface area contributed by atoms with E-state index in [4.69, 9.17) is 21.4 Å². The van der Waals surface area contributed by atoms with Crippen LogP contribution in [0.2, 0.25) is 4.34 Å². The normalized spacial score (nSPS) is 17.7. The van der Waals surface area contributed by atoms with Gasteiger partial charge in [0.1, 0.15) is 33.5 Å². The zero-order chi connectivity index (χ0) is 25.8. The van der Waals surface area contributed by atoms with Crippen LogP contribution in [0.5, 0.6) is 0 Å². The fourth-order valence-corrected chi connectivity index (χ4v) is 5.99. The first-order valence-electron chi connectivity index (χ1n) is 11.8. The Morgan fingerprint density at radius 3 is 2.70 bits per heavy atom. The number of carbonyl (C=O) groups is 1. The van der Waals surface area contributed by atoms with E-state index in [2.05, 4.69) is 35.5 Å². The lowest BCUT2D eigenvalue weighted by atomic mass is 9.98. The fraction of sp³-hybridized carbons (Fsp3) is 0.280. The van der Waals surface area contributed by atoms with Gasteiger partial charge in [-0.15, -0.1) is 11.3 Å². The number of H-pyrrole nitrogens is 1. The number of imidazole rings is 1. The number of pyridine rings is 1. The Bertz CT molecular complexity index is 1500. The van der Waals surface area contributed by atoms with Gasteiger partial charge in [0.25, 0.3) is 0 Å². The van der Waals surface area contributed by atoms with Crippen molar-refractivity contribution < 1.29 is 9.18 Å². The predicted octanol–water partition coefficient (Wildman–Crippen LogP) is 5.52. The minimum Gasteiger partial charge on any atom is -0.372 e. The number of nitrogens with zero attached hydrogens (tertiary/aromatic N) is 6. The number of thiazole rings is 1. The maximum Gasteiger partial charge on any atom is 0.204 e. The van der Waals surface area contributed by atoms with Crippen LogP contribution in [0.15, 0.2) is 49.1 Å². The first-order valence-corrected chi connectivity index (χ1v) is 13.0. The highest BCUT2D eigenvalue weighted by Crippen LogP contribution is 2.42. The number of hydrogen-bond donors (Lipinski definition) is 2. The van der Waals surface area contributed by atoms with E-state index < -0.39 is 0 Å². The molecule has 0 bridgehead atoms. The fourth-order valence-electron chi connectivity index (χ4n) is 4.91. The quantitative estimate of drug-likeness (QED) is 0.229. The summed E-state index contributed by atoms with van der Waals surface area (Å²) in [4.78, 5) is 26.8. The molecule has 190 valence electrons. The van der Waals surface area contributed by atoms with Gasteiger partial charge >= 0.3 is 0 Å². The van der Waals surface area contributed by atoms with Gasteiger partial charge in [0.05, 0.1) is 28.5 Å². The van der Waals surface area contributed by atoms with Gasteiger partial charge < -0.3 is 10.3 Å². The average molecular weight is 539 g/mol. The highest BCUT2D eigenvalue weighted by Gasteiger charge is 2.29. The van der Waals surface area contributed by atoms with Gasteiger partial charge in [-0.2, -0.15) is 5.10 Å². The Labute approximate surface area is 221 Å². The third-order valence-corrected chi connectivity index (χ3v) is 7.73. The van der Waals surface area contributed by atoms with Crippen LogP contribution in [0, 0.1) is 5.82 Å². The number of amides is 1. The Morgan fingerprint density at radius 1 is 1.16 bits per heavy atom. The molecule has 3 N–H and O–H groups in total. The van der Waals surface area contributed by atoms with E-state index in [0.29, 0.717) is 33.2 Å². The van der Waals surface area contributed by atoms with E-state index in [0.717, 1.165) is 48.1 Å². The molecule has 1 aromatic carbocycles. The van der Waals surface area contributed by atoms with Gasteiger partial charge in [0, 0.05) is 12.0 Å². The summed E-state index contributed by atoms with van der Waals surface area (Å²) in [5.41, 5.74) is 6.95. The molecule has 0 saturated heterocycles. The SMILES string of the molecule is Fc1ccccc1-c1nc2cnc(-c3ncn[nH]3)cc2n1C1CCCCC(c2ncc(Cl)s2)C1.NC=O. The second kappa shape index (κ2) is 11.1. The molecule has 5 aromatic rings. The Morgan fingerprint density at radius 2 is 1.97 bits per heavy atom. The molecule has 37 heavy (non-hydrogen) atoms. The molecule has 0 spiro atoms. The molecule has 2 unspecified atom stereocenters. The van der Waals surface area contributed by atoms with Crippen molar-refractivity contribution in [1.29, 1.82) is 0 Å². The van der Waals surface area contributed by atoms with E-state index in [1.165, 1.54) is 12.4 Å². The summed E-state index contributed by atoms with van der Waals surface area (Å²) in [5, 5.41) is 7.89. The predicted molar refractivity (Wildman–Crippen MR) is 141 cm³/mol. The topological polar surface area (TPSA) is 128 Å². The number of halogens is 2. The summed E-state index contributed by atoms with van der Waals surface area (Å²) in [6.07, 6.45) is 10.3. The van der Waals surface area contributed by atoms with Crippen molar-refractivity contribution in [3.63, 3.8) is 0 Å². The number of hydrogen-bond acceptors (Lipinski definition) is 7. The summed E-state index contributed by atoms with van der Waals surface area (Å²) in [6, 6.07) is 8.89. The highest BCUT2D eigenvalue weighted by atomic mass is 35.5. The first-order chi connectivity index (χ1) is 18.1. The van der Waals surface area contributed by atoms with E-state index in [9.17, 15) is 4.39 Å². The Kier molecular flexibility index (Phi) is 7.52. The largest absolute Gasteiger partial charge is 0.372 e. The first kappa shape index (κ1) is 25.0. The minimum absolute atomic E-state index is 0.125. The molecule has 1 aliphatic carbocycles. The number of carbonyl (C=O) groups excluding carboxylic acids is 1. The van der Waals surface area contributed by atoms with E-state index >= 15 is 0 Å². The van der Waals surface area contributed by atoms with Gasteiger partial charge in [-0.05, 0) is 37.5 Å². The third-order valence-electron chi connectivity index (χ3n) is 6.45. The summed E-state index contributed by atoms with van der Waals surface area (Å²) in [6.45, 7) is 0. The van der Waals surface area contributed by atoms with Crippen LogP contribution in [0.25, 0.3) is 33.9 Å². The monoisotopic (exact) mass is 538 g/mol. The summed E-state index contributed by atoms with van der Waals surface area (Å²) in [7, 11) is 0. The average Bonchev–Trinajstić information content (AvgIpc) is 3.62. The third kappa shape index (κ3) is 5.23. The van der Waals surface area contributed by atoms with Crippen molar-refractivity contribution in [2.45, 2.75) is 44.1 Å². The number of fused-ring (bicyclic) bond motifs is 1. The van der Waals surface area contributed by atoms with Crippen LogP contribution in [-0.4, -0.2) is 41.1 Å². The molecule has 0 radical (unpaired) electrons. The Hall–Kier alpha value is -3.70. The standard InChI is InChI=1S/C24H21ClFN7S.CH3NO/c25-21-12-28-24(34-21)14-5-1-2-6-15(9-14)33-20-10-18(22-29-13-30-32-22)27-11-19(20)31-23(33)16-7-3-4-8-17(16)26;2-1-3/h3-4,7-8,10-15H,1-2,5-6,9H2,(H,29,30,32);1H,(H2,2,3). The van der Waals surface area contributed by atoms with Crippen molar-refractivity contribution in [3.05, 3.63) is 64.2 Å². The second-order valence-electron chi connectivity index (χ2n) is 8.69. The molecule has 1 fully saturated rings. The molecule has 9 nitrogen and oxygen atoms in total. The van der Waals surface area contributed by atoms with Crippen LogP contribution >= 0.6 is 22.9 Å². The highest BCUT2D eigenvalue weighted by molar-refractivity contribution is 7.15. The molecular weight excluding hydrogens is 515 g/mol. The number of aromatic amines is 1. The lowest BCUT2D eigenvalue weighted by molar-refractivity contribution is -0.106. The van der Waals surface area contributed by atoms with Crippen molar-refractivity contribution in [1.82, 2.24) is 34.7 Å². The lowest BCUT2D eigenvalue weighted by Crippen LogP contribution is -2.13. The Balaban J connectivity index is 0.000000892. The molecule has 4 aromatic heterocycles. The van der Waals surface area contributed by atoms with Crippen molar-refractivity contribution >= 4 is 40.4 Å². The van der Waals surface area contributed by atoms with E-state index in [1.54, 1.807) is 35.9 Å². The number of nitrogens with two attached hydrogens (primary N) is 1. The van der Waals surface area contributed by atoms with Crippen molar-refractivity contribution in [3.8, 4) is 22.9 Å². The maximum absolute atomic E-state index is 15.0. The van der Waals surface area contributed by atoms with Crippen LogP contribution in [-0.2, 0) is 4.79 Å². The molecular formula is C25H24ClFN8OS. The smallest absolute Gasteiger partial charge is 0.204 e. The maximum atomic E-state index is 15.0. The number of aromatic nitrogens is 7. The van der Waals surface area contributed by atoms with Crippen LogP contribution < -0.4 is 5.73 Å². The number of benzene rings is 1. The minimum atomic E-state index is -0.292. The number of nitrogens with one attached hydrogen (secondary N) is 1. The molecule has 0 aliphatic heterocycles. The molecule has 4 heterocycles. The molecule has 2 atom stereocenters. The summed E-state index contributed by atoms with van der Waals surface area (Å²) < 4.78 is 17.9. The number of primary amides is 1. The van der Waals surface area contributed by atoms with Crippen LogP contribution in [0.1, 0.15) is 49.1 Å². The van der Waals surface area contributed by atoms with Gasteiger partial charge in [-0.1, -0.05) is 36.6 Å². The summed E-state index contributed by atoms with van der Waals surface area (Å²) >= 11 is 7.75. The van der Waals surface area contributed by atoms with Crippen molar-refractivity contribution in [2.24, 2.45) is 5.73 Å². The van der Waals surface area contributed by atoms with Crippen LogP contribution in [0.4, 0.5) is 4.39 Å². The molecule has 1 amide bonds. The van der Waals surface area contributed by atoms with Gasteiger partial charge in [0.2, 0.25) is 6.41 Å². The van der Waals surface area contributed by atoms with Gasteiger partial charge in [0.15, 0.2) is 5.82 Å². The van der Waals surface area contributed by atoms with Gasteiger partial charge in [-0.25, -0.2) is 19.3 Å². The van der Waals surface area contributed by atoms with Crippen LogP contribution in [0.3, 0.4) is 0 Å². The van der Waals surface area contributed by atoms with E-state index in [-0.39, 0.29) is 18.3 Å². The zero-order valence-electron chi connectivity index (χ0n) is 19.7. The number of rotatable bonds is 4. The molecule has 1 aliphatic rings. The zero-order valence-corrected chi connectivity index (χ0v) is 21.3. The molecule has 6 rings (SSSR count). The van der Waals surface area contributed by atoms with Crippen molar-refractivity contribution in [2.75, 3.05) is 0 Å². The second-order valence-corrected chi connectivity index (χ2v) is 10.4. The van der Waals surface area contributed by atoms with E-state index in [1.807, 2.05) is 12.1 Å². The lowest BCUT2D eigenvalue weighted by Gasteiger charge is -2.23.